The van der Waals surface area contributed by atoms with Crippen LogP contribution in [0.1, 0.15) is 41.4 Å². The number of benzene rings is 1. The molecule has 7 nitrogen and oxygen atoms in total. The molecule has 0 unspecified atom stereocenters. The van der Waals surface area contributed by atoms with Gasteiger partial charge in [-0.1, -0.05) is 31.5 Å². The highest BCUT2D eigenvalue weighted by Gasteiger charge is 2.23. The van der Waals surface area contributed by atoms with Crippen molar-refractivity contribution in [3.63, 3.8) is 0 Å². The summed E-state index contributed by atoms with van der Waals surface area (Å²) in [5.74, 6) is 1.29. The van der Waals surface area contributed by atoms with Crippen molar-refractivity contribution < 1.29 is 19.0 Å². The van der Waals surface area contributed by atoms with Gasteiger partial charge >= 0.3 is 5.97 Å². The van der Waals surface area contributed by atoms with Crippen LogP contribution in [0.5, 0.6) is 11.5 Å². The number of pyridine rings is 1. The second-order valence-corrected chi connectivity index (χ2v) is 6.99. The average molecular weight is 400 g/mol. The number of fused-ring (bicyclic) bond motifs is 1. The lowest BCUT2D eigenvalue weighted by Crippen LogP contribution is -2.11. The first kappa shape index (κ1) is 18.3. The first-order chi connectivity index (χ1) is 13.5. The molecule has 0 saturated carbocycles. The van der Waals surface area contributed by atoms with Crippen LogP contribution in [-0.2, 0) is 11.3 Å². The van der Waals surface area contributed by atoms with Crippen LogP contribution in [0.2, 0.25) is 5.02 Å². The number of halogens is 1. The highest BCUT2D eigenvalue weighted by Crippen LogP contribution is 2.40. The molecule has 0 aliphatic carbocycles. The summed E-state index contributed by atoms with van der Waals surface area (Å²) >= 11 is 6.18. The summed E-state index contributed by atoms with van der Waals surface area (Å²) in [7, 11) is 0. The number of rotatable bonds is 5. The van der Waals surface area contributed by atoms with Gasteiger partial charge in [0.05, 0.1) is 16.9 Å². The first-order valence-electron chi connectivity index (χ1n) is 8.79. The number of carbonyl (C=O) groups is 1. The van der Waals surface area contributed by atoms with Crippen molar-refractivity contribution in [3.8, 4) is 17.3 Å². The van der Waals surface area contributed by atoms with Crippen LogP contribution < -0.4 is 9.47 Å². The van der Waals surface area contributed by atoms with E-state index in [-0.39, 0.29) is 19.3 Å². The van der Waals surface area contributed by atoms with E-state index in [2.05, 4.69) is 10.1 Å². The standard InChI is InChI=1S/C20H18ClN3O4/c1-12(2)18-14(9-23-24(18)17-5-3-4-6-22-17)20(25)26-10-13-7-15(21)19-16(8-13)27-11-28-19/h3-9,12H,10-11H2,1-2H3. The lowest BCUT2D eigenvalue weighted by Gasteiger charge is -2.12. The van der Waals surface area contributed by atoms with Crippen LogP contribution in [0.3, 0.4) is 0 Å². The lowest BCUT2D eigenvalue weighted by molar-refractivity contribution is 0.0470. The number of carbonyl (C=O) groups excluding carboxylic acids is 1. The summed E-state index contributed by atoms with van der Waals surface area (Å²) < 4.78 is 17.8. The number of esters is 1. The average Bonchev–Trinajstić information content (AvgIpc) is 3.34. The zero-order chi connectivity index (χ0) is 19.7. The minimum atomic E-state index is -0.459. The fraction of sp³-hybridized carbons (Fsp3) is 0.250. The fourth-order valence-electron chi connectivity index (χ4n) is 3.06. The Labute approximate surface area is 166 Å². The van der Waals surface area contributed by atoms with Gasteiger partial charge in [-0.25, -0.2) is 14.5 Å². The minimum Gasteiger partial charge on any atom is -0.457 e. The zero-order valence-corrected chi connectivity index (χ0v) is 16.1. The van der Waals surface area contributed by atoms with Crippen molar-refractivity contribution in [1.82, 2.24) is 14.8 Å². The molecule has 28 heavy (non-hydrogen) atoms. The van der Waals surface area contributed by atoms with E-state index in [9.17, 15) is 4.79 Å². The van der Waals surface area contributed by atoms with Crippen LogP contribution in [0.25, 0.3) is 5.82 Å². The minimum absolute atomic E-state index is 0.0482. The smallest absolute Gasteiger partial charge is 0.341 e. The Kier molecular flexibility index (Phi) is 4.92. The predicted octanol–water partition coefficient (Wildman–Crippen LogP) is 4.13. The van der Waals surface area contributed by atoms with Gasteiger partial charge in [-0.05, 0) is 35.7 Å². The Morgan fingerprint density at radius 2 is 2.18 bits per heavy atom. The molecule has 0 radical (unpaired) electrons. The largest absolute Gasteiger partial charge is 0.457 e. The molecule has 0 saturated heterocycles. The molecule has 3 aromatic rings. The summed E-state index contributed by atoms with van der Waals surface area (Å²) in [6.07, 6.45) is 3.20. The molecule has 2 aromatic heterocycles. The molecular weight excluding hydrogens is 382 g/mol. The highest BCUT2D eigenvalue weighted by molar-refractivity contribution is 6.32. The van der Waals surface area contributed by atoms with Gasteiger partial charge in [0.15, 0.2) is 17.3 Å². The van der Waals surface area contributed by atoms with Crippen molar-refractivity contribution in [2.75, 3.05) is 6.79 Å². The summed E-state index contributed by atoms with van der Waals surface area (Å²) in [6, 6.07) is 8.98. The molecule has 144 valence electrons. The Morgan fingerprint density at radius 1 is 1.32 bits per heavy atom. The topological polar surface area (TPSA) is 75.5 Å². The van der Waals surface area contributed by atoms with Gasteiger partial charge in [0, 0.05) is 6.20 Å². The van der Waals surface area contributed by atoms with E-state index in [4.69, 9.17) is 25.8 Å². The molecule has 0 bridgehead atoms. The van der Waals surface area contributed by atoms with Gasteiger partial charge in [-0.15, -0.1) is 0 Å². The highest BCUT2D eigenvalue weighted by atomic mass is 35.5. The Balaban J connectivity index is 1.56. The summed E-state index contributed by atoms with van der Waals surface area (Å²) in [5, 5.41) is 4.76. The van der Waals surface area contributed by atoms with Crippen molar-refractivity contribution in [2.24, 2.45) is 0 Å². The zero-order valence-electron chi connectivity index (χ0n) is 15.4. The van der Waals surface area contributed by atoms with E-state index in [1.165, 1.54) is 6.20 Å². The second-order valence-electron chi connectivity index (χ2n) is 6.59. The number of nitrogens with zero attached hydrogens (tertiary/aromatic N) is 3. The maximum absolute atomic E-state index is 12.7. The molecule has 0 amide bonds. The second kappa shape index (κ2) is 7.52. The number of hydrogen-bond donors (Lipinski definition) is 0. The Hall–Kier alpha value is -3.06. The molecule has 3 heterocycles. The van der Waals surface area contributed by atoms with Gasteiger partial charge in [-0.3, -0.25) is 0 Å². The molecule has 8 heteroatoms. The van der Waals surface area contributed by atoms with E-state index in [1.807, 2.05) is 32.0 Å². The maximum atomic E-state index is 12.7. The van der Waals surface area contributed by atoms with Crippen molar-refractivity contribution >= 4 is 17.6 Å². The van der Waals surface area contributed by atoms with E-state index >= 15 is 0 Å². The van der Waals surface area contributed by atoms with Crippen molar-refractivity contribution in [3.05, 3.63) is 64.6 Å². The number of ether oxygens (including phenoxy) is 3. The normalized spacial score (nSPS) is 12.4. The summed E-state index contributed by atoms with van der Waals surface area (Å²) in [6.45, 7) is 4.17. The van der Waals surface area contributed by atoms with Crippen LogP contribution in [0.15, 0.2) is 42.7 Å². The SMILES string of the molecule is CC(C)c1c(C(=O)OCc2cc(Cl)c3c(c2)OCO3)cnn1-c1ccccn1. The molecule has 0 spiro atoms. The fourth-order valence-corrected chi connectivity index (χ4v) is 3.35. The van der Waals surface area contributed by atoms with Crippen LogP contribution >= 0.6 is 11.6 Å². The third kappa shape index (κ3) is 3.41. The van der Waals surface area contributed by atoms with Crippen molar-refractivity contribution in [1.29, 1.82) is 0 Å². The molecule has 0 atom stereocenters. The van der Waals surface area contributed by atoms with E-state index in [0.717, 1.165) is 5.69 Å². The van der Waals surface area contributed by atoms with Crippen LogP contribution in [0, 0.1) is 0 Å². The van der Waals surface area contributed by atoms with Gasteiger partial charge in [0.2, 0.25) is 6.79 Å². The third-order valence-corrected chi connectivity index (χ3v) is 4.58. The molecule has 1 aromatic carbocycles. The van der Waals surface area contributed by atoms with E-state index < -0.39 is 5.97 Å². The van der Waals surface area contributed by atoms with E-state index in [0.29, 0.717) is 33.5 Å². The molecular formula is C20H18ClN3O4. The van der Waals surface area contributed by atoms with Gasteiger partial charge in [0.1, 0.15) is 12.2 Å². The monoisotopic (exact) mass is 399 g/mol. The Bertz CT molecular complexity index is 1020. The maximum Gasteiger partial charge on any atom is 0.341 e. The number of hydrogen-bond acceptors (Lipinski definition) is 6. The van der Waals surface area contributed by atoms with Gasteiger partial charge in [0.25, 0.3) is 0 Å². The lowest BCUT2D eigenvalue weighted by atomic mass is 10.1. The van der Waals surface area contributed by atoms with Crippen molar-refractivity contribution in [2.45, 2.75) is 26.4 Å². The summed E-state index contributed by atoms with van der Waals surface area (Å²) in [5.41, 5.74) is 1.87. The summed E-state index contributed by atoms with van der Waals surface area (Å²) in [4.78, 5) is 17.0. The molecule has 1 aliphatic rings. The van der Waals surface area contributed by atoms with E-state index in [1.54, 1.807) is 23.0 Å². The molecule has 1 aliphatic heterocycles. The molecule has 0 N–H and O–H groups in total. The quantitative estimate of drug-likeness (QED) is 0.600. The first-order valence-corrected chi connectivity index (χ1v) is 9.17. The van der Waals surface area contributed by atoms with Gasteiger partial charge in [-0.2, -0.15) is 5.10 Å². The van der Waals surface area contributed by atoms with Gasteiger partial charge < -0.3 is 14.2 Å². The Morgan fingerprint density at radius 3 is 2.93 bits per heavy atom. The van der Waals surface area contributed by atoms with Crippen LogP contribution in [-0.4, -0.2) is 27.5 Å². The molecule has 0 fully saturated rings. The third-order valence-electron chi connectivity index (χ3n) is 4.30. The van der Waals surface area contributed by atoms with Crippen LogP contribution in [0.4, 0.5) is 0 Å². The molecule has 4 rings (SSSR count). The predicted molar refractivity (Wildman–Crippen MR) is 102 cm³/mol. The number of aromatic nitrogens is 3.